The average Bonchev–Trinajstić information content (AvgIpc) is 3.46. The van der Waals surface area contributed by atoms with E-state index in [1.165, 1.54) is 29.2 Å². The molecule has 41 heavy (non-hydrogen) atoms. The van der Waals surface area contributed by atoms with Crippen LogP contribution in [0.15, 0.2) is 77.7 Å². The van der Waals surface area contributed by atoms with Gasteiger partial charge in [-0.1, -0.05) is 78.9 Å². The van der Waals surface area contributed by atoms with E-state index in [4.69, 9.17) is 11.6 Å². The lowest BCUT2D eigenvalue weighted by atomic mass is 10.1. The zero-order valence-corrected chi connectivity index (χ0v) is 25.4. The fourth-order valence-corrected chi connectivity index (χ4v) is 6.69. The van der Waals surface area contributed by atoms with Crippen LogP contribution in [0.1, 0.15) is 55.7 Å². The van der Waals surface area contributed by atoms with Gasteiger partial charge in [-0.15, -0.1) is 0 Å². The minimum Gasteiger partial charge on any atom is -0.352 e. The Labute approximate surface area is 248 Å². The molecule has 2 amide bonds. The van der Waals surface area contributed by atoms with E-state index >= 15 is 0 Å². The number of amides is 2. The Bertz CT molecular complexity index is 1440. The highest BCUT2D eigenvalue weighted by molar-refractivity contribution is 7.92. The molecule has 218 valence electrons. The van der Waals surface area contributed by atoms with E-state index in [0.29, 0.717) is 17.1 Å². The van der Waals surface area contributed by atoms with Crippen LogP contribution in [-0.4, -0.2) is 43.8 Å². The number of nitrogens with one attached hydrogen (secondary N) is 1. The van der Waals surface area contributed by atoms with Gasteiger partial charge in [-0.2, -0.15) is 0 Å². The van der Waals surface area contributed by atoms with Gasteiger partial charge in [0.1, 0.15) is 12.6 Å². The molecule has 0 bridgehead atoms. The van der Waals surface area contributed by atoms with Crippen molar-refractivity contribution in [1.29, 1.82) is 0 Å². The average molecular weight is 596 g/mol. The highest BCUT2D eigenvalue weighted by Crippen LogP contribution is 2.26. The van der Waals surface area contributed by atoms with Gasteiger partial charge in [0.2, 0.25) is 11.8 Å². The van der Waals surface area contributed by atoms with Crippen LogP contribution in [0.25, 0.3) is 0 Å². The van der Waals surface area contributed by atoms with Crippen molar-refractivity contribution in [2.75, 3.05) is 10.8 Å². The molecule has 9 heteroatoms. The highest BCUT2D eigenvalue weighted by Gasteiger charge is 2.34. The van der Waals surface area contributed by atoms with Crippen LogP contribution in [0.5, 0.6) is 0 Å². The van der Waals surface area contributed by atoms with Crippen molar-refractivity contribution in [3.63, 3.8) is 0 Å². The molecule has 0 saturated heterocycles. The SMILES string of the molecule is CCC(C(=O)NC1CCCC1)N(Cc1ccc(C)cc1)C(=O)CN(c1ccc(C)cc1)S(=O)(=O)c1ccc(Cl)cc1. The van der Waals surface area contributed by atoms with Crippen LogP contribution < -0.4 is 9.62 Å². The van der Waals surface area contributed by atoms with Gasteiger partial charge in [0.05, 0.1) is 10.6 Å². The van der Waals surface area contributed by atoms with Gasteiger partial charge >= 0.3 is 0 Å². The highest BCUT2D eigenvalue weighted by atomic mass is 35.5. The summed E-state index contributed by atoms with van der Waals surface area (Å²) in [6.07, 6.45) is 4.39. The number of aryl methyl sites for hydroxylation is 2. The number of rotatable bonds is 11. The Kier molecular flexibility index (Phi) is 10.1. The number of hydrogen-bond donors (Lipinski definition) is 1. The molecule has 1 fully saturated rings. The topological polar surface area (TPSA) is 86.8 Å². The third-order valence-electron chi connectivity index (χ3n) is 7.56. The van der Waals surface area contributed by atoms with Crippen LogP contribution >= 0.6 is 11.6 Å². The van der Waals surface area contributed by atoms with Crippen molar-refractivity contribution >= 4 is 39.1 Å². The quantitative estimate of drug-likeness (QED) is 0.294. The van der Waals surface area contributed by atoms with E-state index in [1.54, 1.807) is 24.3 Å². The molecule has 3 aromatic rings. The number of anilines is 1. The summed E-state index contributed by atoms with van der Waals surface area (Å²) in [5.74, 6) is -0.667. The summed E-state index contributed by atoms with van der Waals surface area (Å²) in [6.45, 7) is 5.48. The Morgan fingerprint density at radius 1 is 0.902 bits per heavy atom. The molecule has 1 N–H and O–H groups in total. The van der Waals surface area contributed by atoms with Crippen LogP contribution in [0.4, 0.5) is 5.69 Å². The van der Waals surface area contributed by atoms with Gasteiger partial charge in [0, 0.05) is 17.6 Å². The first-order valence-electron chi connectivity index (χ1n) is 14.1. The van der Waals surface area contributed by atoms with Crippen molar-refractivity contribution in [2.45, 2.75) is 76.4 Å². The molecular formula is C32H38ClN3O4S. The summed E-state index contributed by atoms with van der Waals surface area (Å²) >= 11 is 6.02. The molecule has 4 rings (SSSR count). The Hall–Kier alpha value is -3.36. The van der Waals surface area contributed by atoms with E-state index in [9.17, 15) is 18.0 Å². The minimum atomic E-state index is -4.14. The lowest BCUT2D eigenvalue weighted by Crippen LogP contribution is -2.53. The summed E-state index contributed by atoms with van der Waals surface area (Å²) in [6, 6.07) is 20.0. The van der Waals surface area contributed by atoms with Gasteiger partial charge in [0.25, 0.3) is 10.0 Å². The normalized spacial score (nSPS) is 14.4. The first-order valence-corrected chi connectivity index (χ1v) is 15.9. The minimum absolute atomic E-state index is 0.0198. The molecule has 7 nitrogen and oxygen atoms in total. The Morgan fingerprint density at radius 3 is 2.02 bits per heavy atom. The van der Waals surface area contributed by atoms with Crippen LogP contribution in [0.3, 0.4) is 0 Å². The number of carbonyl (C=O) groups is 2. The molecule has 0 aliphatic heterocycles. The fraction of sp³-hybridized carbons (Fsp3) is 0.375. The van der Waals surface area contributed by atoms with Gasteiger partial charge in [-0.3, -0.25) is 13.9 Å². The molecule has 0 radical (unpaired) electrons. The second-order valence-electron chi connectivity index (χ2n) is 10.7. The summed E-state index contributed by atoms with van der Waals surface area (Å²) in [5, 5.41) is 3.54. The molecule has 1 unspecified atom stereocenters. The molecule has 1 saturated carbocycles. The number of nitrogens with zero attached hydrogens (tertiary/aromatic N) is 2. The molecule has 0 heterocycles. The van der Waals surface area contributed by atoms with Gasteiger partial charge in [-0.05, 0) is 75.1 Å². The van der Waals surface area contributed by atoms with Crippen LogP contribution in [0, 0.1) is 13.8 Å². The molecular weight excluding hydrogens is 558 g/mol. The lowest BCUT2D eigenvalue weighted by molar-refractivity contribution is -0.140. The summed E-state index contributed by atoms with van der Waals surface area (Å²) in [4.78, 5) is 29.2. The van der Waals surface area contributed by atoms with E-state index in [2.05, 4.69) is 5.32 Å². The zero-order chi connectivity index (χ0) is 29.6. The van der Waals surface area contributed by atoms with E-state index in [1.807, 2.05) is 45.0 Å². The third-order valence-corrected chi connectivity index (χ3v) is 9.60. The summed E-state index contributed by atoms with van der Waals surface area (Å²) < 4.78 is 29.0. The maximum Gasteiger partial charge on any atom is 0.264 e. The maximum absolute atomic E-state index is 14.2. The first kappa shape index (κ1) is 30.6. The number of halogens is 1. The van der Waals surface area contributed by atoms with Gasteiger partial charge in [0.15, 0.2) is 0 Å². The van der Waals surface area contributed by atoms with Crippen molar-refractivity contribution in [3.05, 3.63) is 94.5 Å². The molecule has 1 aliphatic carbocycles. The molecule has 1 atom stereocenters. The predicted molar refractivity (Wildman–Crippen MR) is 163 cm³/mol. The van der Waals surface area contributed by atoms with Crippen molar-refractivity contribution in [1.82, 2.24) is 10.2 Å². The number of benzene rings is 3. The second kappa shape index (κ2) is 13.5. The molecule has 1 aliphatic rings. The summed E-state index contributed by atoms with van der Waals surface area (Å²) in [5.41, 5.74) is 3.26. The Balaban J connectivity index is 1.70. The number of sulfonamides is 1. The number of hydrogen-bond acceptors (Lipinski definition) is 4. The third kappa shape index (κ3) is 7.68. The van der Waals surface area contributed by atoms with Crippen molar-refractivity contribution in [2.24, 2.45) is 0 Å². The van der Waals surface area contributed by atoms with E-state index in [0.717, 1.165) is 46.7 Å². The van der Waals surface area contributed by atoms with Crippen LogP contribution in [0.2, 0.25) is 5.02 Å². The van der Waals surface area contributed by atoms with Crippen molar-refractivity contribution < 1.29 is 18.0 Å². The lowest BCUT2D eigenvalue weighted by Gasteiger charge is -2.33. The first-order chi connectivity index (χ1) is 19.6. The predicted octanol–water partition coefficient (Wildman–Crippen LogP) is 6.02. The fourth-order valence-electron chi connectivity index (χ4n) is 5.15. The largest absolute Gasteiger partial charge is 0.352 e. The smallest absolute Gasteiger partial charge is 0.264 e. The molecule has 0 spiro atoms. The van der Waals surface area contributed by atoms with Gasteiger partial charge < -0.3 is 10.2 Å². The van der Waals surface area contributed by atoms with Crippen molar-refractivity contribution in [3.8, 4) is 0 Å². The Morgan fingerprint density at radius 2 is 1.46 bits per heavy atom. The number of carbonyl (C=O) groups excluding carboxylic acids is 2. The zero-order valence-electron chi connectivity index (χ0n) is 23.8. The van der Waals surface area contributed by atoms with E-state index < -0.39 is 28.5 Å². The molecule has 0 aromatic heterocycles. The monoisotopic (exact) mass is 595 g/mol. The van der Waals surface area contributed by atoms with E-state index in [-0.39, 0.29) is 23.4 Å². The second-order valence-corrected chi connectivity index (χ2v) is 13.0. The molecule has 3 aromatic carbocycles. The van der Waals surface area contributed by atoms with Crippen LogP contribution in [-0.2, 0) is 26.2 Å². The summed E-state index contributed by atoms with van der Waals surface area (Å²) in [7, 11) is -4.14. The standard InChI is InChI=1S/C32H38ClN3O4S/c1-4-30(32(38)34-27-7-5-6-8-27)35(21-25-13-9-23(2)10-14-25)31(37)22-36(28-17-11-24(3)12-18-28)41(39,40)29-19-15-26(33)16-20-29/h9-20,27,30H,4-8,21-22H2,1-3H3,(H,34,38). The maximum atomic E-state index is 14.2. The van der Waals surface area contributed by atoms with Gasteiger partial charge in [-0.25, -0.2) is 8.42 Å².